The highest BCUT2D eigenvalue weighted by Crippen LogP contribution is 2.17. The zero-order chi connectivity index (χ0) is 13.3. The van der Waals surface area contributed by atoms with E-state index in [-0.39, 0.29) is 24.0 Å². The average molecular weight is 388 g/mol. The monoisotopic (exact) mass is 388 g/mol. The second-order valence-corrected chi connectivity index (χ2v) is 5.09. The molecule has 0 radical (unpaired) electrons. The van der Waals surface area contributed by atoms with Gasteiger partial charge in [0.15, 0.2) is 5.96 Å². The van der Waals surface area contributed by atoms with Gasteiger partial charge in [-0.1, -0.05) is 25.3 Å². The van der Waals surface area contributed by atoms with E-state index in [1.54, 1.807) is 6.20 Å². The molecule has 0 spiro atoms. The molecule has 1 heterocycles. The Balaban J connectivity index is 0.00000200. The number of halogens is 1. The van der Waals surface area contributed by atoms with Gasteiger partial charge in [0.25, 0.3) is 0 Å². The predicted molar refractivity (Wildman–Crippen MR) is 94.7 cm³/mol. The topological polar surface area (TPSA) is 49.3 Å². The molecule has 0 amide bonds. The van der Waals surface area contributed by atoms with Crippen molar-refractivity contribution in [2.45, 2.75) is 44.6 Å². The molecule has 2 N–H and O–H groups in total. The van der Waals surface area contributed by atoms with Gasteiger partial charge in [-0.15, -0.1) is 24.0 Å². The van der Waals surface area contributed by atoms with E-state index in [9.17, 15) is 0 Å². The van der Waals surface area contributed by atoms with Gasteiger partial charge in [0, 0.05) is 32.0 Å². The van der Waals surface area contributed by atoms with Crippen LogP contribution in [0.4, 0.5) is 0 Å². The van der Waals surface area contributed by atoms with Crippen LogP contribution in [0.3, 0.4) is 0 Å². The summed E-state index contributed by atoms with van der Waals surface area (Å²) < 4.78 is 0. The summed E-state index contributed by atoms with van der Waals surface area (Å²) >= 11 is 0. The van der Waals surface area contributed by atoms with Crippen molar-refractivity contribution >= 4 is 29.9 Å². The van der Waals surface area contributed by atoms with E-state index in [0.29, 0.717) is 6.04 Å². The summed E-state index contributed by atoms with van der Waals surface area (Å²) in [4.78, 5) is 8.41. The minimum absolute atomic E-state index is 0. The fourth-order valence-corrected chi connectivity index (χ4v) is 2.51. The van der Waals surface area contributed by atoms with E-state index in [1.807, 2.05) is 19.3 Å². The summed E-state index contributed by atoms with van der Waals surface area (Å²) in [5, 5.41) is 6.89. The maximum atomic E-state index is 4.29. The van der Waals surface area contributed by atoms with Gasteiger partial charge < -0.3 is 10.6 Å². The lowest BCUT2D eigenvalue weighted by molar-refractivity contribution is 0.410. The van der Waals surface area contributed by atoms with Crippen LogP contribution in [0, 0.1) is 0 Å². The molecule has 0 bridgehead atoms. The molecule has 20 heavy (non-hydrogen) atoms. The van der Waals surface area contributed by atoms with E-state index >= 15 is 0 Å². The Bertz CT molecular complexity index is 388. The molecule has 1 aromatic rings. The number of aliphatic imine (C=N–C) groups is 1. The van der Waals surface area contributed by atoms with Gasteiger partial charge in [-0.3, -0.25) is 9.98 Å². The number of nitrogens with zero attached hydrogens (tertiary/aromatic N) is 2. The lowest BCUT2D eigenvalue weighted by Crippen LogP contribution is -2.44. The summed E-state index contributed by atoms with van der Waals surface area (Å²) in [5.41, 5.74) is 1.25. The molecule has 0 atom stereocenters. The van der Waals surface area contributed by atoms with Gasteiger partial charge >= 0.3 is 0 Å². The van der Waals surface area contributed by atoms with Crippen LogP contribution >= 0.6 is 24.0 Å². The quantitative estimate of drug-likeness (QED) is 0.474. The van der Waals surface area contributed by atoms with Crippen LogP contribution < -0.4 is 10.6 Å². The van der Waals surface area contributed by atoms with Crippen LogP contribution in [-0.4, -0.2) is 30.6 Å². The highest BCUT2D eigenvalue weighted by Gasteiger charge is 2.13. The Hall–Kier alpha value is -0.850. The molecular formula is C15H25IN4. The lowest BCUT2D eigenvalue weighted by Gasteiger charge is -2.24. The summed E-state index contributed by atoms with van der Waals surface area (Å²) in [7, 11) is 1.84. The van der Waals surface area contributed by atoms with Crippen LogP contribution in [0.25, 0.3) is 0 Å². The second kappa shape index (κ2) is 9.96. The smallest absolute Gasteiger partial charge is 0.191 e. The molecule has 0 aromatic carbocycles. The fourth-order valence-electron chi connectivity index (χ4n) is 2.51. The molecule has 5 heteroatoms. The first-order valence-electron chi connectivity index (χ1n) is 7.24. The van der Waals surface area contributed by atoms with Crippen molar-refractivity contribution in [1.29, 1.82) is 0 Å². The van der Waals surface area contributed by atoms with Gasteiger partial charge in [0.1, 0.15) is 0 Å². The fraction of sp³-hybridized carbons (Fsp3) is 0.600. The molecule has 1 saturated carbocycles. The summed E-state index contributed by atoms with van der Waals surface area (Å²) in [6.07, 6.45) is 11.3. The molecule has 1 fully saturated rings. The highest BCUT2D eigenvalue weighted by atomic mass is 127. The van der Waals surface area contributed by atoms with E-state index in [0.717, 1.165) is 18.9 Å². The number of hydrogen-bond donors (Lipinski definition) is 2. The van der Waals surface area contributed by atoms with Crippen molar-refractivity contribution in [3.8, 4) is 0 Å². The molecule has 4 nitrogen and oxygen atoms in total. The first-order chi connectivity index (χ1) is 9.38. The molecule has 0 aliphatic heterocycles. The molecular weight excluding hydrogens is 363 g/mol. The Morgan fingerprint density at radius 3 is 2.80 bits per heavy atom. The number of rotatable bonds is 4. The van der Waals surface area contributed by atoms with Crippen LogP contribution in [0.5, 0.6) is 0 Å². The summed E-state index contributed by atoms with van der Waals surface area (Å²) in [6, 6.07) is 4.68. The number of nitrogens with one attached hydrogen (secondary N) is 2. The van der Waals surface area contributed by atoms with E-state index < -0.39 is 0 Å². The predicted octanol–water partition coefficient (Wildman–Crippen LogP) is 2.74. The third kappa shape index (κ3) is 6.07. The van der Waals surface area contributed by atoms with Crippen molar-refractivity contribution < 1.29 is 0 Å². The van der Waals surface area contributed by atoms with Gasteiger partial charge in [-0.2, -0.15) is 0 Å². The first kappa shape index (κ1) is 17.2. The van der Waals surface area contributed by atoms with Crippen LogP contribution in [-0.2, 0) is 6.42 Å². The van der Waals surface area contributed by atoms with E-state index in [2.05, 4.69) is 26.7 Å². The van der Waals surface area contributed by atoms with Crippen LogP contribution in [0.15, 0.2) is 29.5 Å². The number of pyridine rings is 1. The van der Waals surface area contributed by atoms with E-state index in [1.165, 1.54) is 37.7 Å². The van der Waals surface area contributed by atoms with Crippen molar-refractivity contribution in [1.82, 2.24) is 15.6 Å². The Morgan fingerprint density at radius 1 is 1.35 bits per heavy atom. The van der Waals surface area contributed by atoms with Crippen molar-refractivity contribution in [3.05, 3.63) is 30.1 Å². The van der Waals surface area contributed by atoms with Crippen molar-refractivity contribution in [3.63, 3.8) is 0 Å². The molecule has 2 rings (SSSR count). The summed E-state index contributed by atoms with van der Waals surface area (Å²) in [5.74, 6) is 0.927. The Labute approximate surface area is 138 Å². The average Bonchev–Trinajstić information content (AvgIpc) is 2.48. The lowest BCUT2D eigenvalue weighted by atomic mass is 9.96. The highest BCUT2D eigenvalue weighted by molar-refractivity contribution is 14.0. The standard InChI is InChI=1S/C15H24N4.HI/c1-16-15(19-14-7-3-2-4-8-14)18-11-9-13-6-5-10-17-12-13;/h5-6,10,12,14H,2-4,7-9,11H2,1H3,(H2,16,18,19);1H. The molecule has 0 saturated heterocycles. The molecule has 1 aromatic heterocycles. The third-order valence-electron chi connectivity index (χ3n) is 3.60. The number of guanidine groups is 1. The number of aromatic nitrogens is 1. The van der Waals surface area contributed by atoms with Gasteiger partial charge in [0.05, 0.1) is 0 Å². The Kier molecular flexibility index (Phi) is 8.57. The van der Waals surface area contributed by atoms with Crippen molar-refractivity contribution in [2.24, 2.45) is 4.99 Å². The zero-order valence-corrected chi connectivity index (χ0v) is 14.5. The minimum atomic E-state index is 0. The van der Waals surface area contributed by atoms with Gasteiger partial charge in [-0.25, -0.2) is 0 Å². The molecule has 1 aliphatic carbocycles. The third-order valence-corrected chi connectivity index (χ3v) is 3.60. The van der Waals surface area contributed by atoms with Gasteiger partial charge in [-0.05, 0) is 30.9 Å². The molecule has 0 unspecified atom stereocenters. The van der Waals surface area contributed by atoms with Crippen LogP contribution in [0.2, 0.25) is 0 Å². The number of hydrogen-bond acceptors (Lipinski definition) is 2. The second-order valence-electron chi connectivity index (χ2n) is 5.09. The molecule has 1 aliphatic rings. The molecule has 112 valence electrons. The van der Waals surface area contributed by atoms with Crippen molar-refractivity contribution in [2.75, 3.05) is 13.6 Å². The first-order valence-corrected chi connectivity index (χ1v) is 7.24. The van der Waals surface area contributed by atoms with Gasteiger partial charge in [0.2, 0.25) is 0 Å². The van der Waals surface area contributed by atoms with Crippen LogP contribution in [0.1, 0.15) is 37.7 Å². The zero-order valence-electron chi connectivity index (χ0n) is 12.1. The summed E-state index contributed by atoms with van der Waals surface area (Å²) in [6.45, 7) is 0.887. The largest absolute Gasteiger partial charge is 0.356 e. The SMILES string of the molecule is CN=C(NCCc1cccnc1)NC1CCCCC1.I. The Morgan fingerprint density at radius 2 is 2.15 bits per heavy atom. The maximum Gasteiger partial charge on any atom is 0.191 e. The maximum absolute atomic E-state index is 4.29. The minimum Gasteiger partial charge on any atom is -0.356 e. The normalized spacial score (nSPS) is 16.4. The van der Waals surface area contributed by atoms with E-state index in [4.69, 9.17) is 0 Å².